The summed E-state index contributed by atoms with van der Waals surface area (Å²) in [6.45, 7) is 13.4. The number of amides is 1. The Morgan fingerprint density at radius 1 is 1.11 bits per heavy atom. The topological polar surface area (TPSA) is 20.3 Å². The van der Waals surface area contributed by atoms with Gasteiger partial charge in [-0.1, -0.05) is 30.2 Å². The molecule has 0 aromatic carbocycles. The van der Waals surface area contributed by atoms with Gasteiger partial charge in [0.05, 0.1) is 0 Å². The van der Waals surface area contributed by atoms with Gasteiger partial charge in [0, 0.05) is 19.0 Å². The Bertz CT molecular complexity index is 322. The summed E-state index contributed by atoms with van der Waals surface area (Å²) in [4.78, 5) is 14.0. The van der Waals surface area contributed by atoms with Gasteiger partial charge in [0.25, 0.3) is 0 Å². The van der Waals surface area contributed by atoms with Crippen LogP contribution in [-0.4, -0.2) is 23.4 Å². The summed E-state index contributed by atoms with van der Waals surface area (Å²) in [6.07, 6.45) is 8.22. The molecule has 0 aliphatic rings. The number of carbonyl (C=O) groups is 1. The average Bonchev–Trinajstić information content (AvgIpc) is 2.28. The van der Waals surface area contributed by atoms with Gasteiger partial charge in [-0.05, 0) is 53.9 Å². The molecule has 2 nitrogen and oxygen atoms in total. The van der Waals surface area contributed by atoms with Gasteiger partial charge in [-0.15, -0.1) is 0 Å². The van der Waals surface area contributed by atoms with Crippen LogP contribution in [0, 0.1) is 0 Å². The van der Waals surface area contributed by atoms with E-state index in [0.717, 1.165) is 25.8 Å². The van der Waals surface area contributed by atoms with E-state index in [-0.39, 0.29) is 11.9 Å². The third-order valence-corrected chi connectivity index (χ3v) is 3.14. The first-order valence-electron chi connectivity index (χ1n) is 7.46. The second-order valence-electron chi connectivity index (χ2n) is 5.76. The van der Waals surface area contributed by atoms with Crippen LogP contribution >= 0.6 is 0 Å². The highest BCUT2D eigenvalue weighted by Crippen LogP contribution is 2.09. The van der Waals surface area contributed by atoms with E-state index in [1.807, 2.05) is 4.90 Å². The van der Waals surface area contributed by atoms with Gasteiger partial charge < -0.3 is 4.90 Å². The monoisotopic (exact) mass is 265 g/mol. The molecule has 0 saturated heterocycles. The molecule has 0 N–H and O–H groups in total. The predicted molar refractivity (Wildman–Crippen MR) is 84.2 cm³/mol. The minimum atomic E-state index is 0.269. The SMILES string of the molecule is CCCC(=O)N(C/C=C(/C)CCC=C(C)C)C(C)C. The number of nitrogens with zero attached hydrogens (tertiary/aromatic N) is 1. The third kappa shape index (κ3) is 8.63. The second kappa shape index (κ2) is 9.82. The Hall–Kier alpha value is -1.05. The third-order valence-electron chi connectivity index (χ3n) is 3.14. The van der Waals surface area contributed by atoms with E-state index < -0.39 is 0 Å². The first-order chi connectivity index (χ1) is 8.88. The molecule has 0 aromatic rings. The van der Waals surface area contributed by atoms with Gasteiger partial charge in [0.1, 0.15) is 0 Å². The summed E-state index contributed by atoms with van der Waals surface area (Å²) in [5.41, 5.74) is 2.74. The van der Waals surface area contributed by atoms with Gasteiger partial charge >= 0.3 is 0 Å². The Morgan fingerprint density at radius 3 is 2.21 bits per heavy atom. The maximum absolute atomic E-state index is 12.0. The van der Waals surface area contributed by atoms with E-state index >= 15 is 0 Å². The standard InChI is InChI=1S/C17H31NO/c1-7-9-17(19)18(15(4)5)13-12-16(6)11-8-10-14(2)3/h10,12,15H,7-9,11,13H2,1-6H3/b16-12-. The van der Waals surface area contributed by atoms with Crippen molar-refractivity contribution in [2.75, 3.05) is 6.54 Å². The van der Waals surface area contributed by atoms with E-state index in [1.165, 1.54) is 11.1 Å². The van der Waals surface area contributed by atoms with Crippen molar-refractivity contribution in [3.8, 4) is 0 Å². The Balaban J connectivity index is 4.36. The van der Waals surface area contributed by atoms with E-state index in [2.05, 4.69) is 53.7 Å². The Morgan fingerprint density at radius 2 is 1.74 bits per heavy atom. The molecular formula is C17H31NO. The molecule has 0 spiro atoms. The number of carbonyl (C=O) groups excluding carboxylic acids is 1. The molecule has 0 heterocycles. The fourth-order valence-electron chi connectivity index (χ4n) is 1.90. The molecule has 0 bridgehead atoms. The van der Waals surface area contributed by atoms with Gasteiger partial charge in [0.15, 0.2) is 0 Å². The minimum Gasteiger partial charge on any atom is -0.337 e. The molecule has 0 aliphatic heterocycles. The predicted octanol–water partition coefficient (Wildman–Crippen LogP) is 4.72. The summed E-state index contributed by atoms with van der Waals surface area (Å²) in [5.74, 6) is 0.269. The normalized spacial score (nSPS) is 11.6. The number of rotatable bonds is 8. The molecule has 0 fully saturated rings. The highest BCUT2D eigenvalue weighted by Gasteiger charge is 2.14. The van der Waals surface area contributed by atoms with Crippen molar-refractivity contribution >= 4 is 5.91 Å². The molecule has 0 radical (unpaired) electrons. The zero-order chi connectivity index (χ0) is 14.8. The smallest absolute Gasteiger partial charge is 0.223 e. The molecule has 0 aliphatic carbocycles. The molecule has 0 unspecified atom stereocenters. The van der Waals surface area contributed by atoms with Crippen LogP contribution in [0.5, 0.6) is 0 Å². The molecule has 110 valence electrons. The average molecular weight is 265 g/mol. The van der Waals surface area contributed by atoms with Crippen LogP contribution in [0.2, 0.25) is 0 Å². The van der Waals surface area contributed by atoms with E-state index in [0.29, 0.717) is 6.42 Å². The van der Waals surface area contributed by atoms with Gasteiger partial charge in [-0.2, -0.15) is 0 Å². The quantitative estimate of drug-likeness (QED) is 0.582. The van der Waals surface area contributed by atoms with Crippen LogP contribution in [0.4, 0.5) is 0 Å². The zero-order valence-electron chi connectivity index (χ0n) is 13.6. The number of hydrogen-bond donors (Lipinski definition) is 0. The van der Waals surface area contributed by atoms with Crippen LogP contribution in [0.15, 0.2) is 23.3 Å². The lowest BCUT2D eigenvalue weighted by molar-refractivity contribution is -0.132. The fraction of sp³-hybridized carbons (Fsp3) is 0.706. The lowest BCUT2D eigenvalue weighted by atomic mass is 10.1. The lowest BCUT2D eigenvalue weighted by Crippen LogP contribution is -2.36. The minimum absolute atomic E-state index is 0.269. The van der Waals surface area contributed by atoms with Gasteiger partial charge in [-0.3, -0.25) is 4.79 Å². The molecule has 0 rings (SSSR count). The highest BCUT2D eigenvalue weighted by atomic mass is 16.2. The highest BCUT2D eigenvalue weighted by molar-refractivity contribution is 5.76. The number of allylic oxidation sites excluding steroid dienone is 3. The summed E-state index contributed by atoms with van der Waals surface area (Å²) >= 11 is 0. The molecule has 0 saturated carbocycles. The van der Waals surface area contributed by atoms with Crippen molar-refractivity contribution in [3.05, 3.63) is 23.3 Å². The van der Waals surface area contributed by atoms with Crippen LogP contribution in [-0.2, 0) is 4.79 Å². The van der Waals surface area contributed by atoms with Crippen molar-refractivity contribution in [1.82, 2.24) is 4.90 Å². The summed E-state index contributed by atoms with van der Waals surface area (Å²) in [7, 11) is 0. The van der Waals surface area contributed by atoms with Crippen LogP contribution in [0.1, 0.15) is 67.2 Å². The zero-order valence-corrected chi connectivity index (χ0v) is 13.6. The molecule has 0 aromatic heterocycles. The summed E-state index contributed by atoms with van der Waals surface area (Å²) in [5, 5.41) is 0. The molecule has 19 heavy (non-hydrogen) atoms. The maximum Gasteiger partial charge on any atom is 0.223 e. The van der Waals surface area contributed by atoms with Crippen molar-refractivity contribution < 1.29 is 4.79 Å². The molecule has 2 heteroatoms. The Labute approximate surface area is 119 Å². The lowest BCUT2D eigenvalue weighted by Gasteiger charge is -2.25. The van der Waals surface area contributed by atoms with Gasteiger partial charge in [0.2, 0.25) is 5.91 Å². The second-order valence-corrected chi connectivity index (χ2v) is 5.76. The van der Waals surface area contributed by atoms with Crippen molar-refractivity contribution in [3.63, 3.8) is 0 Å². The van der Waals surface area contributed by atoms with Gasteiger partial charge in [-0.25, -0.2) is 0 Å². The maximum atomic E-state index is 12.0. The molecule has 1 amide bonds. The summed E-state index contributed by atoms with van der Waals surface area (Å²) < 4.78 is 0. The van der Waals surface area contributed by atoms with E-state index in [4.69, 9.17) is 0 Å². The van der Waals surface area contributed by atoms with E-state index in [9.17, 15) is 4.79 Å². The largest absolute Gasteiger partial charge is 0.337 e. The van der Waals surface area contributed by atoms with Crippen LogP contribution in [0.3, 0.4) is 0 Å². The summed E-state index contributed by atoms with van der Waals surface area (Å²) in [6, 6.07) is 0.279. The van der Waals surface area contributed by atoms with Crippen molar-refractivity contribution in [2.24, 2.45) is 0 Å². The molecular weight excluding hydrogens is 234 g/mol. The first-order valence-corrected chi connectivity index (χ1v) is 7.46. The van der Waals surface area contributed by atoms with Crippen LogP contribution in [0.25, 0.3) is 0 Å². The van der Waals surface area contributed by atoms with E-state index in [1.54, 1.807) is 0 Å². The van der Waals surface area contributed by atoms with Crippen LogP contribution < -0.4 is 0 Å². The molecule has 0 atom stereocenters. The fourth-order valence-corrected chi connectivity index (χ4v) is 1.90. The Kier molecular flexibility index (Phi) is 9.28. The van der Waals surface area contributed by atoms with Crippen molar-refractivity contribution in [1.29, 1.82) is 0 Å². The first kappa shape index (κ1) is 17.9. The van der Waals surface area contributed by atoms with Crippen molar-refractivity contribution in [2.45, 2.75) is 73.3 Å². The number of hydrogen-bond acceptors (Lipinski definition) is 1.